The second-order valence-corrected chi connectivity index (χ2v) is 4.93. The van der Waals surface area contributed by atoms with Gasteiger partial charge in [0, 0.05) is 25.6 Å². The fourth-order valence-electron chi connectivity index (χ4n) is 2.01. The highest BCUT2D eigenvalue weighted by atomic mass is 35.5. The standard InChI is InChI=1S/C12H15Cl2NO2/c13-10-2-1-8(5-11(10)14)12-9(7-16)6-15-3-4-17-12/h1-2,5,9,12,15-16H,3-4,6-7H2/t9-,12?/m0/s1. The zero-order valence-corrected chi connectivity index (χ0v) is 10.8. The molecule has 0 aliphatic carbocycles. The minimum Gasteiger partial charge on any atom is -0.396 e. The first-order valence-electron chi connectivity index (χ1n) is 5.60. The minimum atomic E-state index is -0.134. The van der Waals surface area contributed by atoms with Gasteiger partial charge in [-0.25, -0.2) is 0 Å². The number of nitrogens with one attached hydrogen (secondary N) is 1. The molecule has 0 amide bonds. The number of hydrogen-bond acceptors (Lipinski definition) is 3. The third-order valence-electron chi connectivity index (χ3n) is 2.92. The number of aliphatic hydroxyl groups is 1. The highest BCUT2D eigenvalue weighted by molar-refractivity contribution is 6.42. The van der Waals surface area contributed by atoms with Crippen LogP contribution in [0.3, 0.4) is 0 Å². The number of ether oxygens (including phenoxy) is 1. The van der Waals surface area contributed by atoms with Crippen molar-refractivity contribution in [3.63, 3.8) is 0 Å². The van der Waals surface area contributed by atoms with E-state index in [4.69, 9.17) is 27.9 Å². The summed E-state index contributed by atoms with van der Waals surface area (Å²) in [6.07, 6.45) is -0.134. The molecule has 94 valence electrons. The Hall–Kier alpha value is -0.320. The molecule has 2 N–H and O–H groups in total. The van der Waals surface area contributed by atoms with E-state index >= 15 is 0 Å². The van der Waals surface area contributed by atoms with Gasteiger partial charge in [0.2, 0.25) is 0 Å². The summed E-state index contributed by atoms with van der Waals surface area (Å²) < 4.78 is 5.76. The maximum Gasteiger partial charge on any atom is 0.0888 e. The molecule has 5 heteroatoms. The first kappa shape index (κ1) is 13.1. The number of halogens is 2. The van der Waals surface area contributed by atoms with Crippen molar-refractivity contribution in [3.8, 4) is 0 Å². The van der Waals surface area contributed by atoms with Gasteiger partial charge in [0.05, 0.1) is 22.8 Å². The third-order valence-corrected chi connectivity index (χ3v) is 3.66. The van der Waals surface area contributed by atoms with Crippen LogP contribution in [0.15, 0.2) is 18.2 Å². The molecule has 1 aliphatic rings. The van der Waals surface area contributed by atoms with E-state index in [-0.39, 0.29) is 18.6 Å². The molecular formula is C12H15Cl2NO2. The van der Waals surface area contributed by atoms with Crippen molar-refractivity contribution in [1.29, 1.82) is 0 Å². The molecule has 1 saturated heterocycles. The Kier molecular flexibility index (Phi) is 4.65. The van der Waals surface area contributed by atoms with E-state index in [1.54, 1.807) is 6.07 Å². The Labute approximate surface area is 111 Å². The summed E-state index contributed by atoms with van der Waals surface area (Å²) in [5.74, 6) is 0.0368. The van der Waals surface area contributed by atoms with E-state index in [1.165, 1.54) is 0 Å². The smallest absolute Gasteiger partial charge is 0.0888 e. The van der Waals surface area contributed by atoms with E-state index in [0.29, 0.717) is 16.7 Å². The fourth-order valence-corrected chi connectivity index (χ4v) is 2.31. The molecule has 0 radical (unpaired) electrons. The lowest BCUT2D eigenvalue weighted by Gasteiger charge is -2.23. The lowest BCUT2D eigenvalue weighted by atomic mass is 9.96. The summed E-state index contributed by atoms with van der Waals surface area (Å²) >= 11 is 11.9. The summed E-state index contributed by atoms with van der Waals surface area (Å²) in [5, 5.41) is 13.7. The molecule has 1 heterocycles. The van der Waals surface area contributed by atoms with Gasteiger partial charge in [0.1, 0.15) is 0 Å². The van der Waals surface area contributed by atoms with Crippen LogP contribution in [-0.4, -0.2) is 31.4 Å². The molecule has 3 nitrogen and oxygen atoms in total. The molecule has 17 heavy (non-hydrogen) atoms. The van der Waals surface area contributed by atoms with Gasteiger partial charge >= 0.3 is 0 Å². The van der Waals surface area contributed by atoms with Gasteiger partial charge in [0.15, 0.2) is 0 Å². The zero-order valence-electron chi connectivity index (χ0n) is 9.33. The fraction of sp³-hybridized carbons (Fsp3) is 0.500. The number of rotatable bonds is 2. The molecule has 1 aromatic carbocycles. The first-order valence-corrected chi connectivity index (χ1v) is 6.36. The van der Waals surface area contributed by atoms with Crippen LogP contribution in [0.2, 0.25) is 10.0 Å². The Morgan fingerprint density at radius 3 is 2.88 bits per heavy atom. The number of aliphatic hydroxyl groups excluding tert-OH is 1. The van der Waals surface area contributed by atoms with Gasteiger partial charge in [-0.3, -0.25) is 0 Å². The molecular weight excluding hydrogens is 261 g/mol. The van der Waals surface area contributed by atoms with Gasteiger partial charge in [-0.2, -0.15) is 0 Å². The predicted molar refractivity (Wildman–Crippen MR) is 68.6 cm³/mol. The van der Waals surface area contributed by atoms with E-state index in [1.807, 2.05) is 12.1 Å². The van der Waals surface area contributed by atoms with Crippen LogP contribution in [0.25, 0.3) is 0 Å². The van der Waals surface area contributed by atoms with Crippen molar-refractivity contribution >= 4 is 23.2 Å². The average Bonchev–Trinajstić information content (AvgIpc) is 2.57. The summed E-state index contributed by atoms with van der Waals surface area (Å²) in [6, 6.07) is 5.46. The van der Waals surface area contributed by atoms with Gasteiger partial charge in [-0.1, -0.05) is 29.3 Å². The molecule has 0 bridgehead atoms. The van der Waals surface area contributed by atoms with Crippen molar-refractivity contribution in [2.45, 2.75) is 6.10 Å². The van der Waals surface area contributed by atoms with Crippen LogP contribution in [0.5, 0.6) is 0 Å². The summed E-state index contributed by atoms with van der Waals surface area (Å²) in [5.41, 5.74) is 0.960. The van der Waals surface area contributed by atoms with Crippen LogP contribution < -0.4 is 5.32 Å². The Morgan fingerprint density at radius 2 is 2.18 bits per heavy atom. The lowest BCUT2D eigenvalue weighted by Crippen LogP contribution is -2.27. The summed E-state index contributed by atoms with van der Waals surface area (Å²) in [6.45, 7) is 2.25. The second kappa shape index (κ2) is 6.03. The van der Waals surface area contributed by atoms with Gasteiger partial charge in [-0.15, -0.1) is 0 Å². The zero-order chi connectivity index (χ0) is 12.3. The van der Waals surface area contributed by atoms with Crippen molar-refractivity contribution in [2.75, 3.05) is 26.3 Å². The third kappa shape index (κ3) is 3.12. The maximum atomic E-state index is 9.39. The largest absolute Gasteiger partial charge is 0.396 e. The monoisotopic (exact) mass is 275 g/mol. The number of benzene rings is 1. The van der Waals surface area contributed by atoms with E-state index in [9.17, 15) is 5.11 Å². The molecule has 0 spiro atoms. The number of hydrogen-bond donors (Lipinski definition) is 2. The van der Waals surface area contributed by atoms with Crippen LogP contribution in [0.1, 0.15) is 11.7 Å². The topological polar surface area (TPSA) is 41.5 Å². The summed E-state index contributed by atoms with van der Waals surface area (Å²) in [4.78, 5) is 0. The first-order chi connectivity index (χ1) is 8.22. The lowest BCUT2D eigenvalue weighted by molar-refractivity contribution is 0.0115. The average molecular weight is 276 g/mol. The van der Waals surface area contributed by atoms with Gasteiger partial charge in [0.25, 0.3) is 0 Å². The van der Waals surface area contributed by atoms with Crippen LogP contribution in [0.4, 0.5) is 0 Å². The molecule has 1 unspecified atom stereocenters. The van der Waals surface area contributed by atoms with Gasteiger partial charge < -0.3 is 15.2 Å². The SMILES string of the molecule is OC[C@@H]1CNCCOC1c1ccc(Cl)c(Cl)c1. The molecule has 2 rings (SSSR count). The molecule has 1 aliphatic heterocycles. The Morgan fingerprint density at radius 1 is 1.35 bits per heavy atom. The molecule has 1 fully saturated rings. The summed E-state index contributed by atoms with van der Waals surface area (Å²) in [7, 11) is 0. The highest BCUT2D eigenvalue weighted by Gasteiger charge is 2.25. The van der Waals surface area contributed by atoms with Crippen molar-refractivity contribution in [1.82, 2.24) is 5.32 Å². The Balaban J connectivity index is 2.25. The van der Waals surface area contributed by atoms with Crippen molar-refractivity contribution < 1.29 is 9.84 Å². The highest BCUT2D eigenvalue weighted by Crippen LogP contribution is 2.31. The van der Waals surface area contributed by atoms with Crippen molar-refractivity contribution in [3.05, 3.63) is 33.8 Å². The van der Waals surface area contributed by atoms with E-state index in [2.05, 4.69) is 5.32 Å². The van der Waals surface area contributed by atoms with Crippen molar-refractivity contribution in [2.24, 2.45) is 5.92 Å². The molecule has 1 aromatic rings. The second-order valence-electron chi connectivity index (χ2n) is 4.11. The van der Waals surface area contributed by atoms with E-state index < -0.39 is 0 Å². The molecule has 0 saturated carbocycles. The van der Waals surface area contributed by atoms with Gasteiger partial charge in [-0.05, 0) is 17.7 Å². The van der Waals surface area contributed by atoms with E-state index in [0.717, 1.165) is 18.7 Å². The molecule has 2 atom stereocenters. The quantitative estimate of drug-likeness (QED) is 0.870. The van der Waals surface area contributed by atoms with Crippen LogP contribution >= 0.6 is 23.2 Å². The Bertz CT molecular complexity index is 387. The van der Waals surface area contributed by atoms with Crippen LogP contribution in [0, 0.1) is 5.92 Å². The normalized spacial score (nSPS) is 25.6. The molecule has 0 aromatic heterocycles. The minimum absolute atomic E-state index is 0.0368. The van der Waals surface area contributed by atoms with Crippen LogP contribution in [-0.2, 0) is 4.74 Å². The maximum absolute atomic E-state index is 9.39. The predicted octanol–water partition coefficient (Wildman–Crippen LogP) is 2.26.